The van der Waals surface area contributed by atoms with Gasteiger partial charge in [0.2, 0.25) is 11.6 Å². The summed E-state index contributed by atoms with van der Waals surface area (Å²) in [6, 6.07) is -0.222. The average Bonchev–Trinajstić information content (AvgIpc) is 3.81. The van der Waals surface area contributed by atoms with Gasteiger partial charge in [0, 0.05) is 62.8 Å². The summed E-state index contributed by atoms with van der Waals surface area (Å²) in [5.74, 6) is -0.615. The highest BCUT2D eigenvalue weighted by Gasteiger charge is 2.44. The molecule has 6 rings (SSSR count). The summed E-state index contributed by atoms with van der Waals surface area (Å²) >= 11 is 1.87. The van der Waals surface area contributed by atoms with E-state index >= 15 is 0 Å². The van der Waals surface area contributed by atoms with E-state index in [1.807, 2.05) is 33.4 Å². The van der Waals surface area contributed by atoms with E-state index in [0.717, 1.165) is 77.1 Å². The number of hydrogen-bond donors (Lipinski definition) is 5. The van der Waals surface area contributed by atoms with E-state index in [1.165, 1.54) is 6.08 Å². The summed E-state index contributed by atoms with van der Waals surface area (Å²) in [5, 5.41) is 23.1. The summed E-state index contributed by atoms with van der Waals surface area (Å²) in [7, 11) is 0. The molecule has 0 saturated carbocycles. The maximum Gasteiger partial charge on any atom is 0.320 e. The number of aliphatic carboxylic acids is 2. The number of thioether (sulfide) groups is 1. The number of carboxylic acid groups (broad SMARTS) is 2. The molecule has 1 aliphatic carbocycles. The maximum absolute atomic E-state index is 12.4. The maximum atomic E-state index is 12.4. The van der Waals surface area contributed by atoms with Crippen LogP contribution in [0.2, 0.25) is 0 Å². The van der Waals surface area contributed by atoms with Gasteiger partial charge < -0.3 is 41.3 Å². The monoisotopic (exact) mass is 606 g/mol. The molecular weight excluding hydrogens is 564 g/mol. The number of hydrogen-bond acceptors (Lipinski definition) is 10. The molecule has 0 bridgehead atoms. The van der Waals surface area contributed by atoms with Crippen LogP contribution in [0.1, 0.15) is 51.9 Å². The first-order chi connectivity index (χ1) is 20.1. The first kappa shape index (κ1) is 31.7. The molecule has 5 heterocycles. The SMILES string of the molecule is CCCCC(N)C(=O)O.O=C(O)CCCC[C@@H]1SC[C@@H]2NC(=O)N[C@@H]21.O=C1C=C(N2CC2)C(=O)C(N2CC2)=C1N1CC1. The van der Waals surface area contributed by atoms with Crippen LogP contribution in [0.3, 0.4) is 0 Å². The van der Waals surface area contributed by atoms with Crippen molar-refractivity contribution >= 4 is 41.3 Å². The lowest BCUT2D eigenvalue weighted by Gasteiger charge is -2.21. The zero-order chi connectivity index (χ0) is 30.4. The average molecular weight is 607 g/mol. The second-order valence-corrected chi connectivity index (χ2v) is 12.5. The molecule has 6 aliphatic rings. The van der Waals surface area contributed by atoms with Gasteiger partial charge in [-0.15, -0.1) is 0 Å². The van der Waals surface area contributed by atoms with E-state index in [-0.39, 0.29) is 36.1 Å². The lowest BCUT2D eigenvalue weighted by Crippen LogP contribution is -2.36. The van der Waals surface area contributed by atoms with Crippen LogP contribution in [-0.4, -0.2) is 123 Å². The van der Waals surface area contributed by atoms with Gasteiger partial charge in [0.25, 0.3) is 0 Å². The molecule has 2 amide bonds. The molecule has 0 aromatic carbocycles. The highest BCUT2D eigenvalue weighted by Crippen LogP contribution is 2.34. The Morgan fingerprint density at radius 1 is 0.976 bits per heavy atom. The topological polar surface area (TPSA) is 185 Å². The molecule has 0 radical (unpaired) electrons. The fourth-order valence-corrected chi connectivity index (χ4v) is 6.63. The van der Waals surface area contributed by atoms with Crippen molar-refractivity contribution in [3.8, 4) is 0 Å². The number of fused-ring (bicyclic) bond motifs is 1. The minimum atomic E-state index is -0.900. The van der Waals surface area contributed by atoms with Crippen LogP contribution in [0.5, 0.6) is 0 Å². The number of carbonyl (C=O) groups is 5. The van der Waals surface area contributed by atoms with E-state index in [2.05, 4.69) is 10.6 Å². The van der Waals surface area contributed by atoms with E-state index in [9.17, 15) is 24.0 Å². The Balaban J connectivity index is 0.000000153. The summed E-state index contributed by atoms with van der Waals surface area (Å²) < 4.78 is 0. The van der Waals surface area contributed by atoms with Crippen LogP contribution < -0.4 is 16.4 Å². The first-order valence-electron chi connectivity index (χ1n) is 14.8. The number of rotatable bonds is 12. The van der Waals surface area contributed by atoms with Crippen LogP contribution in [0, 0.1) is 0 Å². The molecule has 5 saturated heterocycles. The van der Waals surface area contributed by atoms with Gasteiger partial charge in [-0.25, -0.2) is 4.79 Å². The molecule has 6 N–H and O–H groups in total. The van der Waals surface area contributed by atoms with Gasteiger partial charge in [0.15, 0.2) is 0 Å². The Kier molecular flexibility index (Phi) is 10.8. The number of ketones is 2. The minimum absolute atomic E-state index is 0.00546. The van der Waals surface area contributed by atoms with E-state index < -0.39 is 18.0 Å². The predicted molar refractivity (Wildman–Crippen MR) is 157 cm³/mol. The van der Waals surface area contributed by atoms with E-state index in [4.69, 9.17) is 15.9 Å². The summed E-state index contributed by atoms with van der Waals surface area (Å²) in [6.07, 6.45) is 6.89. The third-order valence-electron chi connectivity index (χ3n) is 7.74. The molecular formula is C28H42N6O7S. The van der Waals surface area contributed by atoms with Gasteiger partial charge >= 0.3 is 18.0 Å². The molecule has 0 spiro atoms. The van der Waals surface area contributed by atoms with Crippen LogP contribution in [-0.2, 0) is 19.2 Å². The second kappa shape index (κ2) is 14.3. The number of unbranched alkanes of at least 4 members (excludes halogenated alkanes) is 2. The molecule has 0 aromatic rings. The summed E-state index contributed by atoms with van der Waals surface area (Å²) in [6.45, 7) is 7.41. The van der Waals surface area contributed by atoms with Gasteiger partial charge in [0.05, 0.1) is 17.8 Å². The Labute approximate surface area is 249 Å². The third kappa shape index (κ3) is 8.63. The van der Waals surface area contributed by atoms with Gasteiger partial charge in [-0.05, 0) is 19.3 Å². The number of urea groups is 1. The van der Waals surface area contributed by atoms with Crippen LogP contribution in [0.4, 0.5) is 4.79 Å². The van der Waals surface area contributed by atoms with Crippen molar-refractivity contribution in [2.24, 2.45) is 5.73 Å². The summed E-state index contributed by atoms with van der Waals surface area (Å²) in [5.41, 5.74) is 7.09. The highest BCUT2D eigenvalue weighted by molar-refractivity contribution is 8.00. The Morgan fingerprint density at radius 3 is 2.19 bits per heavy atom. The molecule has 4 atom stereocenters. The van der Waals surface area contributed by atoms with Gasteiger partial charge in [0.1, 0.15) is 17.4 Å². The van der Waals surface area contributed by atoms with Crippen molar-refractivity contribution in [3.63, 3.8) is 0 Å². The van der Waals surface area contributed by atoms with E-state index in [1.54, 1.807) is 0 Å². The van der Waals surface area contributed by atoms with Crippen molar-refractivity contribution in [2.75, 3.05) is 45.0 Å². The lowest BCUT2D eigenvalue weighted by molar-refractivity contribution is -0.139. The highest BCUT2D eigenvalue weighted by atomic mass is 32.2. The van der Waals surface area contributed by atoms with Gasteiger partial charge in [-0.2, -0.15) is 11.8 Å². The number of amides is 2. The number of carbonyl (C=O) groups excluding carboxylic acids is 3. The number of nitrogens with zero attached hydrogens (tertiary/aromatic N) is 3. The van der Waals surface area contributed by atoms with Crippen LogP contribution in [0.15, 0.2) is 23.2 Å². The fourth-order valence-electron chi connectivity index (χ4n) is 5.09. The Hall–Kier alpha value is -3.26. The Bertz CT molecular complexity index is 1130. The fraction of sp³-hybridized carbons (Fsp3) is 0.679. The lowest BCUT2D eigenvalue weighted by atomic mass is 10.0. The van der Waals surface area contributed by atoms with Crippen molar-refractivity contribution < 1.29 is 34.2 Å². The number of nitrogens with two attached hydrogens (primary N) is 1. The normalized spacial score (nSPS) is 25.8. The largest absolute Gasteiger partial charge is 0.481 e. The standard InChI is InChI=1S/C12H13N3O2.C10H16N2O3S.C6H13NO2/c16-9-7-8(13-1-2-13)12(17)11(15-5-6-15)10(9)14-3-4-14;13-8(14)4-2-1-3-7-9-6(5-16-7)11-10(15)12-9;1-2-3-4-5(7)6(8)9/h7H,1-6H2;6-7,9H,1-5H2,(H,13,14)(H2,11,12,15);5H,2-4,7H2,1H3,(H,8,9)/t;6-,7-,9-;/m.0./s1. The molecule has 5 fully saturated rings. The number of Topliss-reactive ketones (excluding diaryl/α,β-unsaturated/α-hetero) is 1. The van der Waals surface area contributed by atoms with E-state index in [0.29, 0.717) is 28.8 Å². The molecule has 14 heteroatoms. The second-order valence-electron chi connectivity index (χ2n) is 11.2. The molecule has 0 aromatic heterocycles. The van der Waals surface area contributed by atoms with Crippen molar-refractivity contribution in [1.29, 1.82) is 0 Å². The smallest absolute Gasteiger partial charge is 0.320 e. The molecule has 13 nitrogen and oxygen atoms in total. The van der Waals surface area contributed by atoms with Gasteiger partial charge in [-0.1, -0.05) is 26.2 Å². The van der Waals surface area contributed by atoms with Crippen LogP contribution in [0.25, 0.3) is 0 Å². The minimum Gasteiger partial charge on any atom is -0.481 e. The summed E-state index contributed by atoms with van der Waals surface area (Å²) in [4.78, 5) is 62.0. The number of nitrogens with one attached hydrogen (secondary N) is 2. The molecule has 42 heavy (non-hydrogen) atoms. The van der Waals surface area contributed by atoms with Crippen molar-refractivity contribution in [1.82, 2.24) is 25.3 Å². The van der Waals surface area contributed by atoms with Crippen LogP contribution >= 0.6 is 11.8 Å². The third-order valence-corrected chi connectivity index (χ3v) is 9.25. The van der Waals surface area contributed by atoms with Gasteiger partial charge in [-0.3, -0.25) is 19.2 Å². The number of carboxylic acids is 2. The van der Waals surface area contributed by atoms with Crippen molar-refractivity contribution in [2.45, 2.75) is 75.2 Å². The predicted octanol–water partition coefficient (Wildman–Crippen LogP) is 0.566. The first-order valence-corrected chi connectivity index (χ1v) is 15.8. The molecule has 1 unspecified atom stereocenters. The molecule has 232 valence electrons. The van der Waals surface area contributed by atoms with Crippen molar-refractivity contribution in [3.05, 3.63) is 23.2 Å². The zero-order valence-electron chi connectivity index (χ0n) is 24.0. The Morgan fingerprint density at radius 2 is 1.62 bits per heavy atom. The number of allylic oxidation sites excluding steroid dienone is 1. The molecule has 5 aliphatic heterocycles. The zero-order valence-corrected chi connectivity index (χ0v) is 24.9. The quantitative estimate of drug-likeness (QED) is 0.0902.